The van der Waals surface area contributed by atoms with E-state index in [0.717, 1.165) is 24.9 Å². The Balaban J connectivity index is 2.08. The van der Waals surface area contributed by atoms with Crippen molar-refractivity contribution >= 4 is 11.9 Å². The van der Waals surface area contributed by atoms with Gasteiger partial charge in [-0.25, -0.2) is 4.79 Å². The Kier molecular flexibility index (Phi) is 2.40. The first-order valence-electron chi connectivity index (χ1n) is 6.17. The van der Waals surface area contributed by atoms with Crippen LogP contribution in [0.2, 0.25) is 0 Å². The fourth-order valence-electron chi connectivity index (χ4n) is 2.93. The number of amides is 1. The summed E-state index contributed by atoms with van der Waals surface area (Å²) in [6, 6.07) is 5.32. The van der Waals surface area contributed by atoms with Crippen LogP contribution in [0, 0.1) is 0 Å². The highest BCUT2D eigenvalue weighted by Crippen LogP contribution is 2.46. The van der Waals surface area contributed by atoms with Gasteiger partial charge in [0, 0.05) is 17.5 Å². The molecule has 1 aliphatic heterocycles. The van der Waals surface area contributed by atoms with Crippen LogP contribution in [-0.2, 0) is 10.2 Å². The van der Waals surface area contributed by atoms with Crippen molar-refractivity contribution in [1.29, 1.82) is 0 Å². The van der Waals surface area contributed by atoms with Crippen LogP contribution in [0.4, 0.5) is 0 Å². The second-order valence-corrected chi connectivity index (χ2v) is 5.07. The molecule has 18 heavy (non-hydrogen) atoms. The summed E-state index contributed by atoms with van der Waals surface area (Å²) in [7, 11) is 1.34. The number of carbonyl (C=O) groups is 2. The lowest BCUT2D eigenvalue weighted by Gasteiger charge is -2.46. The maximum absolute atomic E-state index is 11.9. The van der Waals surface area contributed by atoms with Gasteiger partial charge in [-0.15, -0.1) is 0 Å². The van der Waals surface area contributed by atoms with Gasteiger partial charge in [-0.2, -0.15) is 0 Å². The molecule has 0 unspecified atom stereocenters. The molecule has 0 radical (unpaired) electrons. The molecular formula is C14H15NO3. The van der Waals surface area contributed by atoms with Gasteiger partial charge in [-0.3, -0.25) is 4.79 Å². The maximum atomic E-state index is 11.9. The molecule has 0 atom stereocenters. The SMILES string of the molecule is COC(=O)c1ccc2c(c1)C(=O)NCC21CCC1. The molecule has 94 valence electrons. The lowest BCUT2D eigenvalue weighted by Crippen LogP contribution is -2.50. The second-order valence-electron chi connectivity index (χ2n) is 5.07. The van der Waals surface area contributed by atoms with E-state index in [0.29, 0.717) is 11.1 Å². The molecule has 1 saturated carbocycles. The predicted octanol–water partition coefficient (Wildman–Crippen LogP) is 1.64. The van der Waals surface area contributed by atoms with Gasteiger partial charge in [0.1, 0.15) is 0 Å². The van der Waals surface area contributed by atoms with Crippen LogP contribution in [0.3, 0.4) is 0 Å². The van der Waals surface area contributed by atoms with Crippen LogP contribution in [0.5, 0.6) is 0 Å². The second kappa shape index (κ2) is 3.83. The van der Waals surface area contributed by atoms with Crippen LogP contribution < -0.4 is 5.32 Å². The molecule has 3 rings (SSSR count). The van der Waals surface area contributed by atoms with Crippen molar-refractivity contribution in [3.63, 3.8) is 0 Å². The Morgan fingerprint density at radius 1 is 1.39 bits per heavy atom. The van der Waals surface area contributed by atoms with Crippen molar-refractivity contribution in [3.05, 3.63) is 34.9 Å². The Labute approximate surface area is 105 Å². The molecule has 4 heteroatoms. The zero-order valence-electron chi connectivity index (χ0n) is 10.3. The number of esters is 1. The first kappa shape index (κ1) is 11.3. The van der Waals surface area contributed by atoms with Crippen LogP contribution in [0.25, 0.3) is 0 Å². The Morgan fingerprint density at radius 3 is 2.78 bits per heavy atom. The predicted molar refractivity (Wildman–Crippen MR) is 65.6 cm³/mol. The summed E-state index contributed by atoms with van der Waals surface area (Å²) in [5.41, 5.74) is 2.26. The van der Waals surface area contributed by atoms with E-state index in [9.17, 15) is 9.59 Å². The fraction of sp³-hybridized carbons (Fsp3) is 0.429. The molecule has 1 heterocycles. The third-order valence-corrected chi connectivity index (χ3v) is 4.15. The highest BCUT2D eigenvalue weighted by Gasteiger charge is 2.44. The molecule has 1 aromatic carbocycles. The quantitative estimate of drug-likeness (QED) is 0.765. The molecule has 2 aliphatic rings. The lowest BCUT2D eigenvalue weighted by molar-refractivity contribution is 0.0600. The molecule has 1 spiro atoms. The van der Waals surface area contributed by atoms with E-state index in [1.807, 2.05) is 6.07 Å². The molecule has 0 aromatic heterocycles. The van der Waals surface area contributed by atoms with Gasteiger partial charge in [-0.1, -0.05) is 12.5 Å². The minimum atomic E-state index is -0.404. The van der Waals surface area contributed by atoms with Crippen molar-refractivity contribution in [2.24, 2.45) is 0 Å². The van der Waals surface area contributed by atoms with E-state index in [1.54, 1.807) is 12.1 Å². The highest BCUT2D eigenvalue weighted by molar-refractivity contribution is 6.00. The summed E-state index contributed by atoms with van der Waals surface area (Å²) in [4.78, 5) is 23.4. The van der Waals surface area contributed by atoms with E-state index in [1.165, 1.54) is 13.5 Å². The van der Waals surface area contributed by atoms with Crippen molar-refractivity contribution in [3.8, 4) is 0 Å². The van der Waals surface area contributed by atoms with Gasteiger partial charge in [0.2, 0.25) is 0 Å². The molecule has 0 bridgehead atoms. The number of nitrogens with one attached hydrogen (secondary N) is 1. The molecule has 0 saturated heterocycles. The van der Waals surface area contributed by atoms with Gasteiger partial charge in [-0.05, 0) is 30.5 Å². The standard InChI is InChI=1S/C14H15NO3/c1-18-13(17)9-3-4-11-10(7-9)12(16)15-8-14(11)5-2-6-14/h3-4,7H,2,5-6,8H2,1H3,(H,15,16). The van der Waals surface area contributed by atoms with Crippen molar-refractivity contribution < 1.29 is 14.3 Å². The Morgan fingerprint density at radius 2 is 2.17 bits per heavy atom. The van der Waals surface area contributed by atoms with E-state index in [4.69, 9.17) is 0 Å². The topological polar surface area (TPSA) is 55.4 Å². The van der Waals surface area contributed by atoms with Crippen LogP contribution >= 0.6 is 0 Å². The first-order chi connectivity index (χ1) is 8.66. The monoisotopic (exact) mass is 245 g/mol. The van der Waals surface area contributed by atoms with Crippen molar-refractivity contribution in [2.75, 3.05) is 13.7 Å². The van der Waals surface area contributed by atoms with Gasteiger partial charge < -0.3 is 10.1 Å². The summed E-state index contributed by atoms with van der Waals surface area (Å²) in [6.07, 6.45) is 3.42. The van der Waals surface area contributed by atoms with Crippen LogP contribution in [0.1, 0.15) is 45.5 Å². The minimum absolute atomic E-state index is 0.0896. The van der Waals surface area contributed by atoms with Crippen LogP contribution in [0.15, 0.2) is 18.2 Å². The van der Waals surface area contributed by atoms with E-state index < -0.39 is 5.97 Å². The number of ether oxygens (including phenoxy) is 1. The molecule has 4 nitrogen and oxygen atoms in total. The summed E-state index contributed by atoms with van der Waals surface area (Å²) >= 11 is 0. The number of hydrogen-bond donors (Lipinski definition) is 1. The van der Waals surface area contributed by atoms with Gasteiger partial charge >= 0.3 is 5.97 Å². The van der Waals surface area contributed by atoms with E-state index in [-0.39, 0.29) is 11.3 Å². The maximum Gasteiger partial charge on any atom is 0.337 e. The van der Waals surface area contributed by atoms with Crippen LogP contribution in [-0.4, -0.2) is 25.5 Å². The zero-order chi connectivity index (χ0) is 12.8. The molecular weight excluding hydrogens is 230 g/mol. The molecule has 1 N–H and O–H groups in total. The Bertz CT molecular complexity index is 532. The average Bonchev–Trinajstić information content (AvgIpc) is 2.36. The van der Waals surface area contributed by atoms with Gasteiger partial charge in [0.05, 0.1) is 12.7 Å². The number of carbonyl (C=O) groups excluding carboxylic acids is 2. The smallest absolute Gasteiger partial charge is 0.337 e. The fourth-order valence-corrected chi connectivity index (χ4v) is 2.93. The summed E-state index contributed by atoms with van der Waals surface area (Å²) in [5.74, 6) is -0.493. The third kappa shape index (κ3) is 1.45. The number of benzene rings is 1. The molecule has 1 fully saturated rings. The average molecular weight is 245 g/mol. The Hall–Kier alpha value is -1.84. The summed E-state index contributed by atoms with van der Waals surface area (Å²) in [5, 5.41) is 2.92. The third-order valence-electron chi connectivity index (χ3n) is 4.15. The van der Waals surface area contributed by atoms with Gasteiger partial charge in [0.15, 0.2) is 0 Å². The van der Waals surface area contributed by atoms with Gasteiger partial charge in [0.25, 0.3) is 5.91 Å². The number of methoxy groups -OCH3 is 1. The molecule has 1 amide bonds. The summed E-state index contributed by atoms with van der Waals surface area (Å²) < 4.78 is 4.68. The number of rotatable bonds is 1. The first-order valence-corrected chi connectivity index (χ1v) is 6.17. The zero-order valence-corrected chi connectivity index (χ0v) is 10.3. The number of fused-ring (bicyclic) bond motifs is 2. The highest BCUT2D eigenvalue weighted by atomic mass is 16.5. The largest absolute Gasteiger partial charge is 0.465 e. The minimum Gasteiger partial charge on any atom is -0.465 e. The lowest BCUT2D eigenvalue weighted by atomic mass is 9.62. The van der Waals surface area contributed by atoms with Crippen molar-refractivity contribution in [1.82, 2.24) is 5.32 Å². The molecule has 1 aliphatic carbocycles. The van der Waals surface area contributed by atoms with E-state index in [2.05, 4.69) is 10.1 Å². The summed E-state index contributed by atoms with van der Waals surface area (Å²) in [6.45, 7) is 0.719. The normalized spacial score (nSPS) is 19.7. The number of hydrogen-bond acceptors (Lipinski definition) is 3. The van der Waals surface area contributed by atoms with E-state index >= 15 is 0 Å². The molecule has 1 aromatic rings. The van der Waals surface area contributed by atoms with Crippen molar-refractivity contribution in [2.45, 2.75) is 24.7 Å².